The highest BCUT2D eigenvalue weighted by atomic mass is 19.1. The first-order valence-electron chi connectivity index (χ1n) is 9.54. The Kier molecular flexibility index (Phi) is 5.18. The summed E-state index contributed by atoms with van der Waals surface area (Å²) in [5, 5.41) is 6.02. The molecule has 1 atom stereocenters. The van der Waals surface area contributed by atoms with Crippen LogP contribution < -0.4 is 32.4 Å². The zero-order valence-corrected chi connectivity index (χ0v) is 16.9. The maximum absolute atomic E-state index is 13.5. The quantitative estimate of drug-likeness (QED) is 0.339. The Morgan fingerprint density at radius 3 is 2.73 bits per heavy atom. The molecule has 1 amide bonds. The fraction of sp³-hybridized carbons (Fsp3) is 0.300. The van der Waals surface area contributed by atoms with Gasteiger partial charge >= 0.3 is 0 Å². The van der Waals surface area contributed by atoms with Crippen molar-refractivity contribution in [2.24, 2.45) is 10.4 Å². The SMILES string of the molecule is CC(C)(C)CN=C(NC(=O)c1ccc2c(c1)NON2)NC1NNc2cc(F)ccc21. The largest absolute Gasteiger partial charge is 0.335 e. The van der Waals surface area contributed by atoms with Crippen molar-refractivity contribution >= 4 is 28.9 Å². The van der Waals surface area contributed by atoms with Crippen LogP contribution in [0.25, 0.3) is 0 Å². The standard InChI is InChI=1S/C20H24FN7O2/c1-20(2,3)10-22-19(23-17-13-6-5-12(21)9-15(13)25-26-17)24-18(29)11-4-7-14-16(8-11)28-30-27-14/h4-9,17,25-28H,10H2,1-3H3,(H2,22,23,24,29). The van der Waals surface area contributed by atoms with Gasteiger partial charge in [0.25, 0.3) is 5.91 Å². The van der Waals surface area contributed by atoms with Gasteiger partial charge in [0.05, 0.1) is 17.1 Å². The van der Waals surface area contributed by atoms with Gasteiger partial charge in [-0.15, -0.1) is 0 Å². The first kappa shape index (κ1) is 19.9. The fourth-order valence-electron chi connectivity index (χ4n) is 2.98. The molecule has 2 aliphatic rings. The number of benzene rings is 2. The minimum absolute atomic E-state index is 0.0689. The molecule has 4 rings (SSSR count). The van der Waals surface area contributed by atoms with Crippen LogP contribution in [0.1, 0.15) is 42.9 Å². The van der Waals surface area contributed by atoms with Crippen molar-refractivity contribution in [2.75, 3.05) is 22.9 Å². The molecule has 0 aromatic heterocycles. The van der Waals surface area contributed by atoms with Crippen molar-refractivity contribution in [3.63, 3.8) is 0 Å². The van der Waals surface area contributed by atoms with Gasteiger partial charge in [0.15, 0.2) is 5.96 Å². The molecule has 0 saturated heterocycles. The highest BCUT2D eigenvalue weighted by Gasteiger charge is 2.24. The molecule has 0 radical (unpaired) electrons. The number of halogens is 1. The minimum atomic E-state index is -0.390. The second-order valence-corrected chi connectivity index (χ2v) is 8.32. The molecule has 2 heterocycles. The van der Waals surface area contributed by atoms with Crippen LogP contribution in [-0.2, 0) is 4.94 Å². The average molecular weight is 413 g/mol. The highest BCUT2D eigenvalue weighted by molar-refractivity contribution is 6.06. The number of aliphatic imine (C=N–C) groups is 1. The summed E-state index contributed by atoms with van der Waals surface area (Å²) in [6.45, 7) is 6.67. The summed E-state index contributed by atoms with van der Waals surface area (Å²) in [4.78, 5) is 22.3. The Morgan fingerprint density at radius 1 is 1.13 bits per heavy atom. The summed E-state index contributed by atoms with van der Waals surface area (Å²) in [6, 6.07) is 9.59. The molecule has 0 bridgehead atoms. The lowest BCUT2D eigenvalue weighted by Crippen LogP contribution is -2.46. The van der Waals surface area contributed by atoms with E-state index in [2.05, 4.69) is 58.2 Å². The Balaban J connectivity index is 1.53. The second kappa shape index (κ2) is 7.81. The number of hydrogen-bond donors (Lipinski definition) is 6. The number of guanidine groups is 1. The van der Waals surface area contributed by atoms with E-state index in [1.54, 1.807) is 24.3 Å². The van der Waals surface area contributed by atoms with E-state index in [9.17, 15) is 9.18 Å². The molecular weight excluding hydrogens is 389 g/mol. The van der Waals surface area contributed by atoms with Crippen LogP contribution >= 0.6 is 0 Å². The van der Waals surface area contributed by atoms with Gasteiger partial charge in [-0.1, -0.05) is 26.8 Å². The van der Waals surface area contributed by atoms with Crippen LogP contribution in [-0.4, -0.2) is 18.4 Å². The number of carbonyl (C=O) groups excluding carboxylic acids is 1. The Morgan fingerprint density at radius 2 is 1.93 bits per heavy atom. The molecule has 9 nitrogen and oxygen atoms in total. The van der Waals surface area contributed by atoms with Crippen LogP contribution in [0.5, 0.6) is 0 Å². The lowest BCUT2D eigenvalue weighted by Gasteiger charge is -2.20. The topological polar surface area (TPSA) is 111 Å². The summed E-state index contributed by atoms with van der Waals surface area (Å²) < 4.78 is 13.5. The number of amides is 1. The van der Waals surface area contributed by atoms with E-state index in [-0.39, 0.29) is 23.3 Å². The van der Waals surface area contributed by atoms with Crippen molar-refractivity contribution in [3.05, 3.63) is 53.3 Å². The number of rotatable bonds is 3. The van der Waals surface area contributed by atoms with Gasteiger partial charge in [-0.2, -0.15) is 4.94 Å². The smallest absolute Gasteiger partial charge is 0.258 e. The second-order valence-electron chi connectivity index (χ2n) is 8.32. The molecule has 30 heavy (non-hydrogen) atoms. The first-order valence-corrected chi connectivity index (χ1v) is 9.54. The summed E-state index contributed by atoms with van der Waals surface area (Å²) in [7, 11) is 0. The molecular formula is C20H24FN7O2. The van der Waals surface area contributed by atoms with Crippen LogP contribution in [0.3, 0.4) is 0 Å². The molecule has 0 aliphatic carbocycles. The Bertz CT molecular complexity index is 1000. The Labute approximate surface area is 173 Å². The number of nitrogens with zero attached hydrogens (tertiary/aromatic N) is 1. The summed E-state index contributed by atoms with van der Waals surface area (Å²) in [6.07, 6.45) is -0.390. The average Bonchev–Trinajstić information content (AvgIpc) is 3.31. The van der Waals surface area contributed by atoms with Gasteiger partial charge in [-0.25, -0.2) is 20.8 Å². The van der Waals surface area contributed by atoms with Gasteiger partial charge in [-0.05, 0) is 35.7 Å². The molecule has 2 aromatic rings. The third-order valence-electron chi connectivity index (χ3n) is 4.51. The minimum Gasteiger partial charge on any atom is -0.335 e. The molecule has 2 aliphatic heterocycles. The van der Waals surface area contributed by atoms with E-state index in [0.717, 1.165) is 11.3 Å². The summed E-state index contributed by atoms with van der Waals surface area (Å²) >= 11 is 0. The predicted octanol–water partition coefficient (Wildman–Crippen LogP) is 2.86. The summed E-state index contributed by atoms with van der Waals surface area (Å²) in [5.74, 6) is -0.339. The number of anilines is 3. The summed E-state index contributed by atoms with van der Waals surface area (Å²) in [5.41, 5.74) is 14.6. The van der Waals surface area contributed by atoms with Crippen LogP contribution in [0, 0.1) is 11.2 Å². The van der Waals surface area contributed by atoms with E-state index in [1.165, 1.54) is 12.1 Å². The van der Waals surface area contributed by atoms with E-state index < -0.39 is 0 Å². The van der Waals surface area contributed by atoms with Crippen molar-refractivity contribution in [1.29, 1.82) is 0 Å². The number of hydrogen-bond acceptors (Lipinski definition) is 7. The number of fused-ring (bicyclic) bond motifs is 2. The van der Waals surface area contributed by atoms with Crippen LogP contribution in [0.15, 0.2) is 41.4 Å². The van der Waals surface area contributed by atoms with Gasteiger partial charge in [0.2, 0.25) is 0 Å². The van der Waals surface area contributed by atoms with Crippen LogP contribution in [0.4, 0.5) is 21.5 Å². The van der Waals surface area contributed by atoms with Crippen molar-refractivity contribution in [1.82, 2.24) is 16.1 Å². The van der Waals surface area contributed by atoms with E-state index in [4.69, 9.17) is 4.94 Å². The molecule has 2 aromatic carbocycles. The zero-order valence-electron chi connectivity index (χ0n) is 16.9. The normalized spacial score (nSPS) is 17.3. The van der Waals surface area contributed by atoms with Gasteiger partial charge in [-0.3, -0.25) is 15.1 Å². The molecule has 1 unspecified atom stereocenters. The van der Waals surface area contributed by atoms with Gasteiger partial charge in [0, 0.05) is 17.7 Å². The van der Waals surface area contributed by atoms with Crippen molar-refractivity contribution in [2.45, 2.75) is 26.9 Å². The van der Waals surface area contributed by atoms with Crippen molar-refractivity contribution in [3.8, 4) is 0 Å². The Hall–Kier alpha value is -3.37. The monoisotopic (exact) mass is 413 g/mol. The van der Waals surface area contributed by atoms with Crippen molar-refractivity contribution < 1.29 is 14.1 Å². The molecule has 0 saturated carbocycles. The fourth-order valence-corrected chi connectivity index (χ4v) is 2.98. The first-order chi connectivity index (χ1) is 14.3. The van der Waals surface area contributed by atoms with E-state index >= 15 is 0 Å². The highest BCUT2D eigenvalue weighted by Crippen LogP contribution is 2.28. The lowest BCUT2D eigenvalue weighted by molar-refractivity contribution is 0.0975. The molecule has 158 valence electrons. The number of carbonyl (C=O) groups is 1. The maximum Gasteiger partial charge on any atom is 0.258 e. The number of hydrazine groups is 1. The third kappa shape index (κ3) is 4.44. The third-order valence-corrected chi connectivity index (χ3v) is 4.51. The predicted molar refractivity (Wildman–Crippen MR) is 113 cm³/mol. The van der Waals surface area contributed by atoms with Gasteiger partial charge < -0.3 is 10.7 Å². The van der Waals surface area contributed by atoms with Gasteiger partial charge in [0.1, 0.15) is 12.0 Å². The van der Waals surface area contributed by atoms with E-state index in [0.29, 0.717) is 29.4 Å². The molecule has 0 spiro atoms. The van der Waals surface area contributed by atoms with Crippen LogP contribution in [0.2, 0.25) is 0 Å². The molecule has 0 fully saturated rings. The van der Waals surface area contributed by atoms with E-state index in [1.807, 2.05) is 0 Å². The maximum atomic E-state index is 13.5. The zero-order chi connectivity index (χ0) is 21.3. The molecule has 6 N–H and O–H groups in total. The molecule has 10 heteroatoms. The lowest BCUT2D eigenvalue weighted by atomic mass is 9.97. The number of nitrogens with one attached hydrogen (secondary N) is 6.